The molecular formula is C14H12N2O2S3. The van der Waals surface area contributed by atoms with Crippen molar-refractivity contribution in [3.05, 3.63) is 58.2 Å². The molecule has 0 aliphatic carbocycles. The lowest BCUT2D eigenvalue weighted by Gasteiger charge is -2.06. The zero-order valence-electron chi connectivity index (χ0n) is 10.9. The maximum Gasteiger partial charge on any atom is 0.250 e. The Hall–Kier alpha value is -1.54. The van der Waals surface area contributed by atoms with Gasteiger partial charge in [0.05, 0.1) is 5.69 Å². The summed E-state index contributed by atoms with van der Waals surface area (Å²) in [7, 11) is -3.43. The predicted octanol–water partition coefficient (Wildman–Crippen LogP) is 3.35. The molecule has 0 aliphatic heterocycles. The third kappa shape index (κ3) is 3.38. The zero-order chi connectivity index (χ0) is 14.7. The van der Waals surface area contributed by atoms with Crippen LogP contribution in [0.1, 0.15) is 5.56 Å². The highest BCUT2D eigenvalue weighted by atomic mass is 32.2. The van der Waals surface area contributed by atoms with Crippen LogP contribution in [-0.2, 0) is 16.6 Å². The Labute approximate surface area is 131 Å². The van der Waals surface area contributed by atoms with Crippen LogP contribution in [0.3, 0.4) is 0 Å². The molecule has 1 N–H and O–H groups in total. The first-order valence-electron chi connectivity index (χ1n) is 6.16. The van der Waals surface area contributed by atoms with Gasteiger partial charge in [0.25, 0.3) is 0 Å². The maximum absolute atomic E-state index is 12.1. The van der Waals surface area contributed by atoms with Gasteiger partial charge in [0, 0.05) is 23.7 Å². The molecule has 108 valence electrons. The maximum atomic E-state index is 12.1. The first kappa shape index (κ1) is 14.4. The van der Waals surface area contributed by atoms with E-state index in [2.05, 4.69) is 9.71 Å². The predicted molar refractivity (Wildman–Crippen MR) is 85.9 cm³/mol. The van der Waals surface area contributed by atoms with Crippen molar-refractivity contribution in [2.45, 2.75) is 10.8 Å². The highest BCUT2D eigenvalue weighted by Crippen LogP contribution is 2.21. The number of nitrogens with one attached hydrogen (secondary N) is 1. The van der Waals surface area contributed by atoms with E-state index in [0.29, 0.717) is 4.21 Å². The molecular weight excluding hydrogens is 324 g/mol. The fourth-order valence-electron chi connectivity index (χ4n) is 1.82. The van der Waals surface area contributed by atoms with E-state index in [9.17, 15) is 8.42 Å². The number of rotatable bonds is 5. The standard InChI is InChI=1S/C14H12N2O2S3/c17-21(18,14-2-1-6-20-14)16-9-11-3-5-15-13(8-11)12-4-7-19-10-12/h1-8,10,16H,9H2. The average Bonchev–Trinajstić information content (AvgIpc) is 3.18. The number of aromatic nitrogens is 1. The number of sulfonamides is 1. The van der Waals surface area contributed by atoms with Gasteiger partial charge in [-0.05, 0) is 40.6 Å². The molecule has 0 fully saturated rings. The highest BCUT2D eigenvalue weighted by molar-refractivity contribution is 7.91. The van der Waals surface area contributed by atoms with Gasteiger partial charge in [0.1, 0.15) is 4.21 Å². The van der Waals surface area contributed by atoms with Crippen molar-refractivity contribution in [3.63, 3.8) is 0 Å². The van der Waals surface area contributed by atoms with E-state index in [4.69, 9.17) is 0 Å². The topological polar surface area (TPSA) is 59.1 Å². The summed E-state index contributed by atoms with van der Waals surface area (Å²) in [4.78, 5) is 4.31. The Morgan fingerprint density at radius 1 is 1.19 bits per heavy atom. The lowest BCUT2D eigenvalue weighted by molar-refractivity contribution is 0.583. The third-order valence-electron chi connectivity index (χ3n) is 2.87. The summed E-state index contributed by atoms with van der Waals surface area (Å²) in [5, 5.41) is 5.75. The molecule has 0 saturated heterocycles. The van der Waals surface area contributed by atoms with E-state index in [1.54, 1.807) is 35.0 Å². The minimum atomic E-state index is -3.43. The van der Waals surface area contributed by atoms with Crippen LogP contribution in [0.4, 0.5) is 0 Å². The van der Waals surface area contributed by atoms with E-state index in [0.717, 1.165) is 16.8 Å². The fourth-order valence-corrected chi connectivity index (χ4v) is 4.52. The van der Waals surface area contributed by atoms with Crippen LogP contribution in [-0.4, -0.2) is 13.4 Å². The number of thiophene rings is 2. The van der Waals surface area contributed by atoms with E-state index >= 15 is 0 Å². The summed E-state index contributed by atoms with van der Waals surface area (Å²) >= 11 is 2.81. The molecule has 7 heteroatoms. The molecule has 0 bridgehead atoms. The molecule has 0 unspecified atom stereocenters. The summed E-state index contributed by atoms with van der Waals surface area (Å²) in [5.41, 5.74) is 2.78. The summed E-state index contributed by atoms with van der Waals surface area (Å²) < 4.78 is 27.1. The van der Waals surface area contributed by atoms with Gasteiger partial charge in [0.15, 0.2) is 0 Å². The molecule has 0 spiro atoms. The van der Waals surface area contributed by atoms with Crippen molar-refractivity contribution in [3.8, 4) is 11.3 Å². The van der Waals surface area contributed by atoms with Crippen LogP contribution in [0.15, 0.2) is 56.9 Å². The Kier molecular flexibility index (Phi) is 4.16. The van der Waals surface area contributed by atoms with Crippen LogP contribution in [0.25, 0.3) is 11.3 Å². The van der Waals surface area contributed by atoms with Crippen LogP contribution in [0.5, 0.6) is 0 Å². The lowest BCUT2D eigenvalue weighted by Crippen LogP contribution is -2.22. The van der Waals surface area contributed by atoms with Crippen molar-refractivity contribution in [2.24, 2.45) is 0 Å². The molecule has 4 nitrogen and oxygen atoms in total. The number of hydrogen-bond donors (Lipinski definition) is 1. The fraction of sp³-hybridized carbons (Fsp3) is 0.0714. The Balaban J connectivity index is 1.76. The minimum Gasteiger partial charge on any atom is -0.256 e. The largest absolute Gasteiger partial charge is 0.256 e. The SMILES string of the molecule is O=S(=O)(NCc1ccnc(-c2ccsc2)c1)c1cccs1. The minimum absolute atomic E-state index is 0.250. The molecule has 0 saturated carbocycles. The smallest absolute Gasteiger partial charge is 0.250 e. The second kappa shape index (κ2) is 6.07. The van der Waals surface area contributed by atoms with Gasteiger partial charge >= 0.3 is 0 Å². The molecule has 0 aliphatic rings. The Morgan fingerprint density at radius 2 is 2.10 bits per heavy atom. The van der Waals surface area contributed by atoms with Gasteiger partial charge in [-0.25, -0.2) is 13.1 Å². The van der Waals surface area contributed by atoms with Crippen LogP contribution >= 0.6 is 22.7 Å². The summed E-state index contributed by atoms with van der Waals surface area (Å²) in [6, 6.07) is 9.02. The van der Waals surface area contributed by atoms with E-state index < -0.39 is 10.0 Å². The van der Waals surface area contributed by atoms with Crippen LogP contribution in [0.2, 0.25) is 0 Å². The van der Waals surface area contributed by atoms with Gasteiger partial charge in [-0.15, -0.1) is 11.3 Å². The van der Waals surface area contributed by atoms with Gasteiger partial charge < -0.3 is 0 Å². The third-order valence-corrected chi connectivity index (χ3v) is 6.35. The van der Waals surface area contributed by atoms with E-state index in [1.165, 1.54) is 11.3 Å². The molecule has 3 rings (SSSR count). The molecule has 3 aromatic heterocycles. The molecule has 0 aromatic carbocycles. The van der Waals surface area contributed by atoms with E-state index in [1.807, 2.05) is 29.0 Å². The highest BCUT2D eigenvalue weighted by Gasteiger charge is 2.14. The molecule has 3 heterocycles. The monoisotopic (exact) mass is 336 g/mol. The first-order chi connectivity index (χ1) is 10.1. The van der Waals surface area contributed by atoms with Gasteiger partial charge in [0.2, 0.25) is 10.0 Å². The number of hydrogen-bond acceptors (Lipinski definition) is 5. The van der Waals surface area contributed by atoms with Crippen LogP contribution < -0.4 is 4.72 Å². The van der Waals surface area contributed by atoms with Crippen molar-refractivity contribution in [2.75, 3.05) is 0 Å². The van der Waals surface area contributed by atoms with Gasteiger partial charge in [-0.1, -0.05) is 6.07 Å². The number of pyridine rings is 1. The van der Waals surface area contributed by atoms with Gasteiger partial charge in [-0.3, -0.25) is 4.98 Å². The summed E-state index contributed by atoms with van der Waals surface area (Å²) in [6.07, 6.45) is 1.70. The van der Waals surface area contributed by atoms with Gasteiger partial charge in [-0.2, -0.15) is 11.3 Å². The molecule has 0 amide bonds. The normalized spacial score (nSPS) is 11.6. The van der Waals surface area contributed by atoms with Crippen molar-refractivity contribution < 1.29 is 8.42 Å². The Bertz CT molecular complexity index is 810. The molecule has 0 radical (unpaired) electrons. The summed E-state index contributed by atoms with van der Waals surface area (Å²) in [5.74, 6) is 0. The molecule has 21 heavy (non-hydrogen) atoms. The Morgan fingerprint density at radius 3 is 2.81 bits per heavy atom. The van der Waals surface area contributed by atoms with Crippen molar-refractivity contribution >= 4 is 32.7 Å². The second-order valence-electron chi connectivity index (χ2n) is 4.32. The zero-order valence-corrected chi connectivity index (χ0v) is 13.3. The molecule has 3 aromatic rings. The average molecular weight is 336 g/mol. The lowest BCUT2D eigenvalue weighted by atomic mass is 10.1. The quantitative estimate of drug-likeness (QED) is 0.777. The molecule has 0 atom stereocenters. The van der Waals surface area contributed by atoms with Crippen molar-refractivity contribution in [1.29, 1.82) is 0 Å². The second-order valence-corrected chi connectivity index (χ2v) is 8.04. The number of nitrogens with zero attached hydrogens (tertiary/aromatic N) is 1. The first-order valence-corrected chi connectivity index (χ1v) is 9.46. The van der Waals surface area contributed by atoms with Crippen molar-refractivity contribution in [1.82, 2.24) is 9.71 Å². The van der Waals surface area contributed by atoms with Crippen LogP contribution in [0, 0.1) is 0 Å². The van der Waals surface area contributed by atoms with E-state index in [-0.39, 0.29) is 6.54 Å². The summed E-state index contributed by atoms with van der Waals surface area (Å²) in [6.45, 7) is 0.250.